The van der Waals surface area contributed by atoms with Crippen molar-refractivity contribution in [1.29, 1.82) is 0 Å². The lowest BCUT2D eigenvalue weighted by Crippen LogP contribution is -2.34. The van der Waals surface area contributed by atoms with Crippen molar-refractivity contribution in [2.45, 2.75) is 51.5 Å². The first-order chi connectivity index (χ1) is 18.4. The number of phenols is 1. The van der Waals surface area contributed by atoms with Gasteiger partial charge in [0.05, 0.1) is 23.3 Å². The van der Waals surface area contributed by atoms with Crippen LogP contribution in [0.2, 0.25) is 5.02 Å². The quantitative estimate of drug-likeness (QED) is 0.259. The first-order valence-corrected chi connectivity index (χ1v) is 14.1. The number of nitrogens with two attached hydrogens (primary N) is 1. The number of methoxy groups -OCH3 is 1. The van der Waals surface area contributed by atoms with Gasteiger partial charge in [-0.3, -0.25) is 9.88 Å². The number of halogens is 1. The molecule has 0 bridgehead atoms. The van der Waals surface area contributed by atoms with E-state index in [-0.39, 0.29) is 10.8 Å². The maximum atomic E-state index is 10.2. The van der Waals surface area contributed by atoms with Crippen molar-refractivity contribution < 1.29 is 9.84 Å². The van der Waals surface area contributed by atoms with Crippen LogP contribution in [-0.4, -0.2) is 48.4 Å². The minimum atomic E-state index is -0.0413. The highest BCUT2D eigenvalue weighted by atomic mass is 35.5. The number of anilines is 1. The molecule has 0 unspecified atom stereocenters. The molecule has 202 valence electrons. The van der Waals surface area contributed by atoms with E-state index in [2.05, 4.69) is 54.7 Å². The third-order valence-corrected chi connectivity index (χ3v) is 8.45. The van der Waals surface area contributed by atoms with Crippen LogP contribution in [0.25, 0.3) is 27.6 Å². The second-order valence-electron chi connectivity index (χ2n) is 10.9. The van der Waals surface area contributed by atoms with Gasteiger partial charge in [0.2, 0.25) is 0 Å². The molecule has 2 fully saturated rings. The number of aromatic nitrogens is 1. The Kier molecular flexibility index (Phi) is 8.12. The molecule has 2 aromatic carbocycles. The summed E-state index contributed by atoms with van der Waals surface area (Å²) in [4.78, 5) is 7.09. The molecule has 4 N–H and O–H groups in total. The molecule has 2 aliphatic rings. The smallest absolute Gasteiger partial charge is 0.176 e. The molecule has 38 heavy (non-hydrogen) atoms. The Bertz CT molecular complexity index is 1330. The summed E-state index contributed by atoms with van der Waals surface area (Å²) < 4.78 is 5.36. The summed E-state index contributed by atoms with van der Waals surface area (Å²) in [5, 5.41) is 15.6. The zero-order valence-corrected chi connectivity index (χ0v) is 23.4. The van der Waals surface area contributed by atoms with Crippen LogP contribution in [0.3, 0.4) is 0 Å². The topological polar surface area (TPSA) is 83.6 Å². The number of phenolic OH excluding ortho intramolecular Hbond substituents is 1. The fourth-order valence-electron chi connectivity index (χ4n) is 5.86. The molecule has 0 saturated heterocycles. The summed E-state index contributed by atoms with van der Waals surface area (Å²) in [5.41, 5.74) is 12.5. The van der Waals surface area contributed by atoms with E-state index in [1.165, 1.54) is 49.6 Å². The van der Waals surface area contributed by atoms with Gasteiger partial charge >= 0.3 is 0 Å². The molecular formula is C31H39ClN4O2. The van der Waals surface area contributed by atoms with Crippen LogP contribution in [0, 0.1) is 11.8 Å². The zero-order chi connectivity index (χ0) is 26.8. The zero-order valence-electron chi connectivity index (χ0n) is 22.6. The van der Waals surface area contributed by atoms with Crippen molar-refractivity contribution in [3.8, 4) is 22.6 Å². The van der Waals surface area contributed by atoms with Crippen molar-refractivity contribution in [3.05, 3.63) is 53.2 Å². The van der Waals surface area contributed by atoms with E-state index in [0.29, 0.717) is 30.3 Å². The summed E-state index contributed by atoms with van der Waals surface area (Å²) in [7, 11) is 3.64. The molecular weight excluding hydrogens is 496 g/mol. The highest BCUT2D eigenvalue weighted by molar-refractivity contribution is 6.32. The van der Waals surface area contributed by atoms with Gasteiger partial charge in [0.15, 0.2) is 11.5 Å². The molecule has 2 saturated carbocycles. The van der Waals surface area contributed by atoms with E-state index in [0.717, 1.165) is 41.4 Å². The molecule has 0 spiro atoms. The van der Waals surface area contributed by atoms with E-state index in [4.69, 9.17) is 27.1 Å². The Balaban J connectivity index is 1.53. The van der Waals surface area contributed by atoms with Crippen LogP contribution < -0.4 is 15.8 Å². The van der Waals surface area contributed by atoms with E-state index < -0.39 is 0 Å². The maximum absolute atomic E-state index is 10.2. The summed E-state index contributed by atoms with van der Waals surface area (Å²) in [6.45, 7) is 3.82. The van der Waals surface area contributed by atoms with Crippen molar-refractivity contribution >= 4 is 33.8 Å². The summed E-state index contributed by atoms with van der Waals surface area (Å²) in [5.74, 6) is 1.64. The molecule has 2 aliphatic carbocycles. The summed E-state index contributed by atoms with van der Waals surface area (Å²) in [6, 6.07) is 10.3. The van der Waals surface area contributed by atoms with Gasteiger partial charge in [0.25, 0.3) is 0 Å². The van der Waals surface area contributed by atoms with Crippen LogP contribution in [0.4, 0.5) is 5.69 Å². The number of hydrogen-bond donors (Lipinski definition) is 3. The van der Waals surface area contributed by atoms with E-state index in [1.54, 1.807) is 6.07 Å². The number of hydrogen-bond acceptors (Lipinski definition) is 6. The highest BCUT2D eigenvalue weighted by Gasteiger charge is 2.30. The highest BCUT2D eigenvalue weighted by Crippen LogP contribution is 2.46. The Hall–Kier alpha value is -2.80. The maximum Gasteiger partial charge on any atom is 0.176 e. The average molecular weight is 535 g/mol. The van der Waals surface area contributed by atoms with Crippen LogP contribution in [0.1, 0.15) is 51.0 Å². The summed E-state index contributed by atoms with van der Waals surface area (Å²) in [6.07, 6.45) is 11.5. The molecule has 3 aromatic rings. The van der Waals surface area contributed by atoms with Gasteiger partial charge < -0.3 is 20.9 Å². The van der Waals surface area contributed by atoms with Crippen LogP contribution >= 0.6 is 11.6 Å². The summed E-state index contributed by atoms with van der Waals surface area (Å²) >= 11 is 6.33. The van der Waals surface area contributed by atoms with Gasteiger partial charge in [0, 0.05) is 36.4 Å². The van der Waals surface area contributed by atoms with Crippen molar-refractivity contribution in [1.82, 2.24) is 9.88 Å². The van der Waals surface area contributed by atoms with Gasteiger partial charge in [-0.25, -0.2) is 0 Å². The number of rotatable bonds is 9. The van der Waals surface area contributed by atoms with Crippen molar-refractivity contribution in [2.24, 2.45) is 17.6 Å². The van der Waals surface area contributed by atoms with E-state index >= 15 is 0 Å². The van der Waals surface area contributed by atoms with E-state index in [1.807, 2.05) is 6.07 Å². The van der Waals surface area contributed by atoms with Gasteiger partial charge in [-0.2, -0.15) is 0 Å². The normalized spacial score (nSPS) is 20.2. The molecule has 1 heterocycles. The lowest BCUT2D eigenvalue weighted by Gasteiger charge is -2.32. The molecule has 0 radical (unpaired) electrons. The fourth-order valence-corrected chi connectivity index (χ4v) is 6.07. The third kappa shape index (κ3) is 5.63. The number of allylic oxidation sites excluding steroid dienone is 2. The fraction of sp³-hybridized carbons (Fsp3) is 0.452. The molecule has 7 heteroatoms. The number of aromatic hydroxyl groups is 1. The van der Waals surface area contributed by atoms with Gasteiger partial charge in [-0.1, -0.05) is 23.7 Å². The monoisotopic (exact) mass is 534 g/mol. The standard InChI is InChI=1S/C31H39ClN4O2/c1-4-24(20-7-8-20)26-16-34-28-12-9-21(22-14-27(32)31(37)29(15-22)38-3)13-25(28)30(26)35-23-10-5-19(6-11-23)17-36(2)18-33/h4,9,12-16,19-20,23,37H,5-8,10-11,17-18,33H2,1-3H3,(H,34,35)/b24-4+. The number of fused-ring (bicyclic) bond motifs is 1. The lowest BCUT2D eigenvalue weighted by molar-refractivity contribution is 0.231. The van der Waals surface area contributed by atoms with Crippen LogP contribution in [0.5, 0.6) is 11.5 Å². The predicted octanol–water partition coefficient (Wildman–Crippen LogP) is 6.90. The average Bonchev–Trinajstić information content (AvgIpc) is 3.77. The first kappa shape index (κ1) is 26.8. The second-order valence-corrected chi connectivity index (χ2v) is 11.3. The number of pyridine rings is 1. The molecule has 6 nitrogen and oxygen atoms in total. The number of nitrogens with zero attached hydrogens (tertiary/aromatic N) is 2. The Labute approximate surface area is 230 Å². The van der Waals surface area contributed by atoms with Crippen molar-refractivity contribution in [2.75, 3.05) is 32.7 Å². The number of nitrogens with one attached hydrogen (secondary N) is 1. The predicted molar refractivity (Wildman–Crippen MR) is 158 cm³/mol. The minimum Gasteiger partial charge on any atom is -0.503 e. The number of ether oxygens (including phenoxy) is 1. The van der Waals surface area contributed by atoms with Crippen LogP contribution in [-0.2, 0) is 0 Å². The van der Waals surface area contributed by atoms with E-state index in [9.17, 15) is 5.11 Å². The molecule has 0 aliphatic heterocycles. The largest absolute Gasteiger partial charge is 0.503 e. The molecule has 5 rings (SSSR count). The van der Waals surface area contributed by atoms with Gasteiger partial charge in [0.1, 0.15) is 0 Å². The molecule has 0 atom stereocenters. The SMILES string of the molecule is C/C=C(/c1cnc2ccc(-c3cc(Cl)c(O)c(OC)c3)cc2c1NC1CCC(CN(C)CN)CC1)C1CC1. The van der Waals surface area contributed by atoms with Gasteiger partial charge in [-0.05, 0) is 105 Å². The molecule has 1 aromatic heterocycles. The minimum absolute atomic E-state index is 0.0413. The second kappa shape index (κ2) is 11.5. The third-order valence-electron chi connectivity index (χ3n) is 8.17. The Morgan fingerprint density at radius 1 is 1.16 bits per heavy atom. The van der Waals surface area contributed by atoms with Crippen LogP contribution in [0.15, 0.2) is 42.6 Å². The first-order valence-electron chi connectivity index (χ1n) is 13.7. The lowest BCUT2D eigenvalue weighted by atomic mass is 9.85. The molecule has 0 amide bonds. The number of benzene rings is 2. The Morgan fingerprint density at radius 2 is 1.92 bits per heavy atom. The Morgan fingerprint density at radius 3 is 2.58 bits per heavy atom. The van der Waals surface area contributed by atoms with Crippen molar-refractivity contribution in [3.63, 3.8) is 0 Å². The van der Waals surface area contributed by atoms with Gasteiger partial charge in [-0.15, -0.1) is 0 Å².